The molecule has 4 rings (SSSR count). The second-order valence-electron chi connectivity index (χ2n) is 8.73. The van der Waals surface area contributed by atoms with Gasteiger partial charge in [0.1, 0.15) is 0 Å². The topological polar surface area (TPSA) is 110 Å². The predicted octanol–water partition coefficient (Wildman–Crippen LogP) is 4.52. The van der Waals surface area contributed by atoms with E-state index in [1.165, 1.54) is 6.92 Å². The molecular formula is C29H28N4O4S. The highest BCUT2D eigenvalue weighted by atomic mass is 32.2. The number of carbonyl (C=O) groups excluding carboxylic acids is 3. The summed E-state index contributed by atoms with van der Waals surface area (Å²) in [4.78, 5) is 54.6. The van der Waals surface area contributed by atoms with Crippen LogP contribution in [0.1, 0.15) is 46.5 Å². The number of thioether (sulfide) groups is 1. The minimum absolute atomic E-state index is 0.0195. The molecule has 1 heterocycles. The summed E-state index contributed by atoms with van der Waals surface area (Å²) < 4.78 is 1.54. The summed E-state index contributed by atoms with van der Waals surface area (Å²) in [6.45, 7) is 4.30. The molecule has 0 aliphatic heterocycles. The lowest BCUT2D eigenvalue weighted by Gasteiger charge is -2.14. The Kier molecular flexibility index (Phi) is 8.70. The summed E-state index contributed by atoms with van der Waals surface area (Å²) in [6, 6.07) is 20.9. The van der Waals surface area contributed by atoms with Gasteiger partial charge in [-0.15, -0.1) is 0 Å². The zero-order valence-corrected chi connectivity index (χ0v) is 22.0. The first-order valence-electron chi connectivity index (χ1n) is 12.3. The number of amides is 2. The van der Waals surface area contributed by atoms with Crippen molar-refractivity contribution in [1.82, 2.24) is 14.9 Å². The molecule has 0 saturated carbocycles. The largest absolute Gasteiger partial charge is 0.352 e. The maximum absolute atomic E-state index is 13.4. The molecule has 0 bridgehead atoms. The number of nitrogens with zero attached hydrogens (tertiary/aromatic N) is 2. The van der Waals surface area contributed by atoms with Gasteiger partial charge in [0, 0.05) is 23.4 Å². The summed E-state index contributed by atoms with van der Waals surface area (Å²) in [5.41, 5.74) is 2.74. The highest BCUT2D eigenvalue weighted by Crippen LogP contribution is 2.20. The number of anilines is 1. The molecule has 0 aliphatic rings. The fourth-order valence-electron chi connectivity index (χ4n) is 3.83. The van der Waals surface area contributed by atoms with Crippen LogP contribution in [0.3, 0.4) is 0 Å². The van der Waals surface area contributed by atoms with Crippen LogP contribution >= 0.6 is 11.8 Å². The fraction of sp³-hybridized carbons (Fsp3) is 0.207. The zero-order chi connectivity index (χ0) is 27.1. The van der Waals surface area contributed by atoms with Crippen molar-refractivity contribution in [2.45, 2.75) is 32.0 Å². The molecule has 194 valence electrons. The third kappa shape index (κ3) is 6.54. The van der Waals surface area contributed by atoms with E-state index in [2.05, 4.69) is 15.6 Å². The van der Waals surface area contributed by atoms with Crippen molar-refractivity contribution in [2.75, 3.05) is 17.6 Å². The minimum Gasteiger partial charge on any atom is -0.352 e. The lowest BCUT2D eigenvalue weighted by Crippen LogP contribution is -2.25. The predicted molar refractivity (Wildman–Crippen MR) is 150 cm³/mol. The monoisotopic (exact) mass is 528 g/mol. The van der Waals surface area contributed by atoms with Crippen LogP contribution in [0.2, 0.25) is 0 Å². The number of fused-ring (bicyclic) bond motifs is 1. The summed E-state index contributed by atoms with van der Waals surface area (Å²) in [7, 11) is 0. The number of rotatable bonds is 10. The molecular weight excluding hydrogens is 500 g/mol. The van der Waals surface area contributed by atoms with Gasteiger partial charge in [-0.05, 0) is 55.3 Å². The maximum atomic E-state index is 13.4. The number of Topliss-reactive ketones (excluding diaryl/α,β-unsaturated/α-hetero) is 1. The van der Waals surface area contributed by atoms with Gasteiger partial charge in [0.05, 0.1) is 23.2 Å². The van der Waals surface area contributed by atoms with Crippen LogP contribution in [-0.2, 0) is 11.3 Å². The summed E-state index contributed by atoms with van der Waals surface area (Å²) in [5, 5.41) is 6.53. The Hall–Kier alpha value is -4.24. The van der Waals surface area contributed by atoms with Crippen LogP contribution in [0.4, 0.5) is 5.69 Å². The van der Waals surface area contributed by atoms with E-state index in [-0.39, 0.29) is 35.5 Å². The molecule has 3 aromatic carbocycles. The Bertz CT molecular complexity index is 1550. The number of hydrogen-bond acceptors (Lipinski definition) is 6. The number of aromatic nitrogens is 2. The van der Waals surface area contributed by atoms with Gasteiger partial charge in [-0.1, -0.05) is 55.1 Å². The first-order chi connectivity index (χ1) is 18.4. The number of hydrogen-bond donors (Lipinski definition) is 2. The quantitative estimate of drug-likeness (QED) is 0.178. The highest BCUT2D eigenvalue weighted by molar-refractivity contribution is 7.99. The average Bonchev–Trinajstić information content (AvgIpc) is 2.92. The van der Waals surface area contributed by atoms with Crippen molar-refractivity contribution < 1.29 is 14.4 Å². The SMILES string of the molecule is CCCNC(=O)c1ccc(Cn2c(SCC(=O)Nc3cccc(C(C)=O)c3)nc3ccccc3c2=O)cc1. The van der Waals surface area contributed by atoms with Gasteiger partial charge < -0.3 is 10.6 Å². The second kappa shape index (κ2) is 12.3. The molecule has 4 aromatic rings. The number of carbonyl (C=O) groups is 3. The van der Waals surface area contributed by atoms with Crippen LogP contribution < -0.4 is 16.2 Å². The third-order valence-electron chi connectivity index (χ3n) is 5.80. The van der Waals surface area contributed by atoms with Crippen molar-refractivity contribution in [3.63, 3.8) is 0 Å². The maximum Gasteiger partial charge on any atom is 0.262 e. The Morgan fingerprint density at radius 3 is 2.45 bits per heavy atom. The highest BCUT2D eigenvalue weighted by Gasteiger charge is 2.15. The molecule has 0 unspecified atom stereocenters. The molecule has 2 N–H and O–H groups in total. The Morgan fingerprint density at radius 2 is 1.71 bits per heavy atom. The second-order valence-corrected chi connectivity index (χ2v) is 9.67. The van der Waals surface area contributed by atoms with Gasteiger partial charge in [-0.25, -0.2) is 4.98 Å². The van der Waals surface area contributed by atoms with Gasteiger partial charge in [0.15, 0.2) is 10.9 Å². The molecule has 38 heavy (non-hydrogen) atoms. The molecule has 0 fully saturated rings. The number of nitrogens with one attached hydrogen (secondary N) is 2. The molecule has 0 atom stereocenters. The van der Waals surface area contributed by atoms with E-state index in [1.54, 1.807) is 59.2 Å². The standard InChI is InChI=1S/C29H28N4O4S/c1-3-15-30-27(36)21-13-11-20(12-14-21)17-33-28(37)24-9-4-5-10-25(24)32-29(33)38-18-26(35)31-23-8-6-7-22(16-23)19(2)34/h4-14,16H,3,15,17-18H2,1-2H3,(H,30,36)(H,31,35). The fourth-order valence-corrected chi connectivity index (χ4v) is 4.62. The van der Waals surface area contributed by atoms with Crippen LogP contribution in [0, 0.1) is 0 Å². The van der Waals surface area contributed by atoms with Crippen molar-refractivity contribution in [3.05, 3.63) is 99.8 Å². The number of para-hydroxylation sites is 1. The summed E-state index contributed by atoms with van der Waals surface area (Å²) in [6.07, 6.45) is 0.852. The molecule has 9 heteroatoms. The first kappa shape index (κ1) is 26.8. The van der Waals surface area contributed by atoms with Crippen molar-refractivity contribution >= 4 is 45.9 Å². The lowest BCUT2D eigenvalue weighted by atomic mass is 10.1. The average molecular weight is 529 g/mol. The van der Waals surface area contributed by atoms with E-state index in [9.17, 15) is 19.2 Å². The van der Waals surface area contributed by atoms with E-state index >= 15 is 0 Å². The van der Waals surface area contributed by atoms with Crippen LogP contribution in [0.5, 0.6) is 0 Å². The van der Waals surface area contributed by atoms with Crippen molar-refractivity contribution in [2.24, 2.45) is 0 Å². The van der Waals surface area contributed by atoms with Crippen LogP contribution in [0.25, 0.3) is 10.9 Å². The number of ketones is 1. The molecule has 0 radical (unpaired) electrons. The van der Waals surface area contributed by atoms with Crippen LogP contribution in [0.15, 0.2) is 82.7 Å². The van der Waals surface area contributed by atoms with Crippen LogP contribution in [-0.4, -0.2) is 39.4 Å². The van der Waals surface area contributed by atoms with E-state index in [0.717, 1.165) is 23.7 Å². The Labute approximate surface area is 224 Å². The van der Waals surface area contributed by atoms with Gasteiger partial charge in [-0.2, -0.15) is 0 Å². The lowest BCUT2D eigenvalue weighted by molar-refractivity contribution is -0.113. The Morgan fingerprint density at radius 1 is 0.947 bits per heavy atom. The normalized spacial score (nSPS) is 10.8. The molecule has 0 aliphatic carbocycles. The molecule has 8 nitrogen and oxygen atoms in total. The van der Waals surface area contributed by atoms with Gasteiger partial charge in [0.25, 0.3) is 11.5 Å². The smallest absolute Gasteiger partial charge is 0.262 e. The van der Waals surface area contributed by atoms with Gasteiger partial charge in [-0.3, -0.25) is 23.7 Å². The summed E-state index contributed by atoms with van der Waals surface area (Å²) in [5.74, 6) is -0.494. The van der Waals surface area contributed by atoms with E-state index < -0.39 is 0 Å². The van der Waals surface area contributed by atoms with Crippen molar-refractivity contribution in [1.29, 1.82) is 0 Å². The van der Waals surface area contributed by atoms with E-state index in [0.29, 0.717) is 39.4 Å². The molecule has 0 saturated heterocycles. The van der Waals surface area contributed by atoms with Crippen molar-refractivity contribution in [3.8, 4) is 0 Å². The van der Waals surface area contributed by atoms with Gasteiger partial charge >= 0.3 is 0 Å². The molecule has 2 amide bonds. The molecule has 0 spiro atoms. The Balaban J connectivity index is 1.55. The summed E-state index contributed by atoms with van der Waals surface area (Å²) >= 11 is 1.16. The van der Waals surface area contributed by atoms with E-state index in [4.69, 9.17) is 0 Å². The zero-order valence-electron chi connectivity index (χ0n) is 21.2. The number of benzene rings is 3. The third-order valence-corrected chi connectivity index (χ3v) is 6.78. The first-order valence-corrected chi connectivity index (χ1v) is 13.2. The van der Waals surface area contributed by atoms with Gasteiger partial charge in [0.2, 0.25) is 5.91 Å². The molecule has 1 aromatic heterocycles. The minimum atomic E-state index is -0.285. The van der Waals surface area contributed by atoms with E-state index in [1.807, 2.05) is 25.1 Å².